The predicted octanol–water partition coefficient (Wildman–Crippen LogP) is 3.26. The Morgan fingerprint density at radius 3 is 2.76 bits per heavy atom. The summed E-state index contributed by atoms with van der Waals surface area (Å²) in [7, 11) is 0. The highest BCUT2D eigenvalue weighted by atomic mass is 16.3. The standard InChI is InChI=1S/C15H13NO/c17-14-6-3-4-11(9-14)8-13-10-12-5-1-2-7-15(12)16-13/h1-7,9,17H,8,10H2. The number of benzene rings is 2. The van der Waals surface area contributed by atoms with Crippen LogP contribution in [0.5, 0.6) is 5.75 Å². The molecule has 17 heavy (non-hydrogen) atoms. The highest BCUT2D eigenvalue weighted by Gasteiger charge is 2.13. The van der Waals surface area contributed by atoms with Crippen LogP contribution >= 0.6 is 0 Å². The zero-order chi connectivity index (χ0) is 11.7. The quantitative estimate of drug-likeness (QED) is 0.832. The van der Waals surface area contributed by atoms with E-state index in [1.807, 2.05) is 30.3 Å². The van der Waals surface area contributed by atoms with Crippen molar-refractivity contribution in [2.45, 2.75) is 12.8 Å². The third kappa shape index (κ3) is 2.07. The summed E-state index contributed by atoms with van der Waals surface area (Å²) in [6.07, 6.45) is 1.73. The molecule has 0 atom stereocenters. The third-order valence-corrected chi connectivity index (χ3v) is 2.98. The molecule has 84 valence electrons. The van der Waals surface area contributed by atoms with Crippen molar-refractivity contribution in [1.82, 2.24) is 0 Å². The minimum atomic E-state index is 0.318. The maximum atomic E-state index is 9.42. The van der Waals surface area contributed by atoms with Gasteiger partial charge in [-0.2, -0.15) is 0 Å². The van der Waals surface area contributed by atoms with Gasteiger partial charge in [0, 0.05) is 18.6 Å². The molecule has 2 aromatic rings. The summed E-state index contributed by atoms with van der Waals surface area (Å²) < 4.78 is 0. The van der Waals surface area contributed by atoms with E-state index in [9.17, 15) is 5.11 Å². The summed E-state index contributed by atoms with van der Waals surface area (Å²) in [4.78, 5) is 4.61. The molecule has 3 rings (SSSR count). The van der Waals surface area contributed by atoms with Gasteiger partial charge in [0.05, 0.1) is 5.69 Å². The van der Waals surface area contributed by atoms with E-state index >= 15 is 0 Å². The Morgan fingerprint density at radius 1 is 1.06 bits per heavy atom. The molecule has 2 nitrogen and oxygen atoms in total. The Balaban J connectivity index is 1.82. The maximum absolute atomic E-state index is 9.42. The number of hydrogen-bond donors (Lipinski definition) is 1. The SMILES string of the molecule is Oc1cccc(CC2=Nc3ccccc3C2)c1. The van der Waals surface area contributed by atoms with Crippen LogP contribution in [0.4, 0.5) is 5.69 Å². The van der Waals surface area contributed by atoms with Crippen molar-refractivity contribution in [3.63, 3.8) is 0 Å². The number of para-hydroxylation sites is 1. The molecule has 0 aromatic heterocycles. The van der Waals surface area contributed by atoms with Gasteiger partial charge in [-0.3, -0.25) is 4.99 Å². The van der Waals surface area contributed by atoms with Crippen LogP contribution in [0, 0.1) is 0 Å². The Bertz CT molecular complexity index is 587. The molecule has 1 aliphatic heterocycles. The number of hydrogen-bond acceptors (Lipinski definition) is 2. The minimum absolute atomic E-state index is 0.318. The van der Waals surface area contributed by atoms with E-state index < -0.39 is 0 Å². The molecule has 1 heterocycles. The second-order valence-corrected chi connectivity index (χ2v) is 4.33. The molecule has 0 saturated heterocycles. The second-order valence-electron chi connectivity index (χ2n) is 4.33. The minimum Gasteiger partial charge on any atom is -0.508 e. The number of fused-ring (bicyclic) bond motifs is 1. The van der Waals surface area contributed by atoms with Gasteiger partial charge in [-0.15, -0.1) is 0 Å². The molecule has 0 saturated carbocycles. The van der Waals surface area contributed by atoms with Crippen LogP contribution in [0.15, 0.2) is 53.5 Å². The number of aromatic hydroxyl groups is 1. The van der Waals surface area contributed by atoms with E-state index in [2.05, 4.69) is 11.1 Å². The number of phenols is 1. The zero-order valence-corrected chi connectivity index (χ0v) is 9.43. The lowest BCUT2D eigenvalue weighted by atomic mass is 10.0. The van der Waals surface area contributed by atoms with Crippen LogP contribution in [0.3, 0.4) is 0 Å². The molecule has 2 aromatic carbocycles. The van der Waals surface area contributed by atoms with E-state index in [0.29, 0.717) is 5.75 Å². The third-order valence-electron chi connectivity index (χ3n) is 2.98. The summed E-state index contributed by atoms with van der Waals surface area (Å²) >= 11 is 0. The van der Waals surface area contributed by atoms with Crippen molar-refractivity contribution in [3.05, 3.63) is 59.7 Å². The molecule has 0 spiro atoms. The fourth-order valence-electron chi connectivity index (χ4n) is 2.20. The predicted molar refractivity (Wildman–Crippen MR) is 69.1 cm³/mol. The first kappa shape index (κ1) is 10.1. The number of phenolic OH excluding ortho intramolecular Hbond substituents is 1. The van der Waals surface area contributed by atoms with E-state index in [0.717, 1.165) is 29.8 Å². The van der Waals surface area contributed by atoms with Crippen molar-refractivity contribution in [2.24, 2.45) is 4.99 Å². The van der Waals surface area contributed by atoms with Gasteiger partial charge in [0.2, 0.25) is 0 Å². The van der Waals surface area contributed by atoms with E-state index in [1.54, 1.807) is 12.1 Å². The first-order chi connectivity index (χ1) is 8.31. The van der Waals surface area contributed by atoms with Gasteiger partial charge in [-0.1, -0.05) is 30.3 Å². The first-order valence-electron chi connectivity index (χ1n) is 5.73. The maximum Gasteiger partial charge on any atom is 0.115 e. The molecule has 1 aliphatic rings. The molecule has 1 N–H and O–H groups in total. The molecule has 0 bridgehead atoms. The van der Waals surface area contributed by atoms with Gasteiger partial charge in [0.25, 0.3) is 0 Å². The topological polar surface area (TPSA) is 32.6 Å². The van der Waals surface area contributed by atoms with Crippen LogP contribution in [0.25, 0.3) is 0 Å². The number of rotatable bonds is 2. The average molecular weight is 223 g/mol. The van der Waals surface area contributed by atoms with Gasteiger partial charge in [-0.05, 0) is 29.3 Å². The molecular formula is C15H13NO. The average Bonchev–Trinajstić information content (AvgIpc) is 2.71. The molecular weight excluding hydrogens is 210 g/mol. The molecule has 0 radical (unpaired) electrons. The molecule has 2 heteroatoms. The number of nitrogens with zero attached hydrogens (tertiary/aromatic N) is 1. The van der Waals surface area contributed by atoms with Gasteiger partial charge in [-0.25, -0.2) is 0 Å². The van der Waals surface area contributed by atoms with E-state index in [-0.39, 0.29) is 0 Å². The number of aliphatic imine (C=N–C) groups is 1. The Morgan fingerprint density at radius 2 is 1.94 bits per heavy atom. The van der Waals surface area contributed by atoms with Gasteiger partial charge in [0.15, 0.2) is 0 Å². The summed E-state index contributed by atoms with van der Waals surface area (Å²) in [5, 5.41) is 9.42. The zero-order valence-electron chi connectivity index (χ0n) is 9.43. The van der Waals surface area contributed by atoms with Crippen molar-refractivity contribution in [3.8, 4) is 5.75 Å². The molecule has 0 amide bonds. The Labute approximate surface area is 100 Å². The summed E-state index contributed by atoms with van der Waals surface area (Å²) in [6.45, 7) is 0. The van der Waals surface area contributed by atoms with Gasteiger partial charge in [0.1, 0.15) is 5.75 Å². The Hall–Kier alpha value is -2.09. The van der Waals surface area contributed by atoms with Crippen molar-refractivity contribution in [1.29, 1.82) is 0 Å². The fraction of sp³-hybridized carbons (Fsp3) is 0.133. The summed E-state index contributed by atoms with van der Waals surface area (Å²) in [5.74, 6) is 0.318. The van der Waals surface area contributed by atoms with E-state index in [1.165, 1.54) is 5.56 Å². The van der Waals surface area contributed by atoms with Crippen LogP contribution in [0.1, 0.15) is 11.1 Å². The molecule has 0 unspecified atom stereocenters. The second kappa shape index (κ2) is 4.06. The lowest BCUT2D eigenvalue weighted by Crippen LogP contribution is -2.02. The van der Waals surface area contributed by atoms with Crippen molar-refractivity contribution in [2.75, 3.05) is 0 Å². The van der Waals surface area contributed by atoms with Crippen LogP contribution in [0.2, 0.25) is 0 Å². The summed E-state index contributed by atoms with van der Waals surface area (Å²) in [5.41, 5.74) is 4.65. The first-order valence-corrected chi connectivity index (χ1v) is 5.73. The lowest BCUT2D eigenvalue weighted by Gasteiger charge is -2.01. The van der Waals surface area contributed by atoms with Gasteiger partial charge >= 0.3 is 0 Å². The van der Waals surface area contributed by atoms with Gasteiger partial charge < -0.3 is 5.11 Å². The molecule has 0 fully saturated rings. The Kier molecular flexibility index (Phi) is 2.41. The van der Waals surface area contributed by atoms with Crippen LogP contribution < -0.4 is 0 Å². The van der Waals surface area contributed by atoms with Crippen molar-refractivity contribution >= 4 is 11.4 Å². The lowest BCUT2D eigenvalue weighted by molar-refractivity contribution is 0.475. The van der Waals surface area contributed by atoms with Crippen LogP contribution in [-0.2, 0) is 12.8 Å². The largest absolute Gasteiger partial charge is 0.508 e. The normalized spacial score (nSPS) is 13.3. The highest BCUT2D eigenvalue weighted by molar-refractivity contribution is 5.95. The summed E-state index contributed by atoms with van der Waals surface area (Å²) in [6, 6.07) is 15.6. The van der Waals surface area contributed by atoms with Crippen LogP contribution in [-0.4, -0.2) is 10.8 Å². The smallest absolute Gasteiger partial charge is 0.115 e. The van der Waals surface area contributed by atoms with E-state index in [4.69, 9.17) is 0 Å². The monoisotopic (exact) mass is 223 g/mol. The fourth-order valence-corrected chi connectivity index (χ4v) is 2.20. The van der Waals surface area contributed by atoms with Crippen molar-refractivity contribution < 1.29 is 5.11 Å². The highest BCUT2D eigenvalue weighted by Crippen LogP contribution is 2.27. The molecule has 0 aliphatic carbocycles.